The van der Waals surface area contributed by atoms with Gasteiger partial charge in [0.05, 0.1) is 7.11 Å². The molecule has 0 fully saturated rings. The topological polar surface area (TPSA) is 47.9 Å². The molecule has 1 aromatic carbocycles. The predicted octanol–water partition coefficient (Wildman–Crippen LogP) is 4.01. The van der Waals surface area contributed by atoms with Crippen LogP contribution in [-0.4, -0.2) is 22.1 Å². The molecule has 2 rings (SSSR count). The molecule has 1 heterocycles. The Labute approximate surface area is 123 Å². The number of nitrogens with zero attached hydrogens (tertiary/aromatic N) is 3. The van der Waals surface area contributed by atoms with Crippen molar-refractivity contribution in [1.82, 2.24) is 15.0 Å². The zero-order valence-corrected chi connectivity index (χ0v) is 12.3. The minimum Gasteiger partial charge on any atom is -0.497 e. The second-order valence-electron chi connectivity index (χ2n) is 4.21. The smallest absolute Gasteiger partial charge is 0.226 e. The highest BCUT2D eigenvalue weighted by atomic mass is 35.5. The first kappa shape index (κ1) is 14.5. The molecule has 0 aliphatic rings. The highest BCUT2D eigenvalue weighted by Gasteiger charge is 2.06. The Morgan fingerprint density at radius 1 is 1.15 bits per heavy atom. The van der Waals surface area contributed by atoms with Crippen molar-refractivity contribution in [2.45, 2.75) is 19.8 Å². The number of benzene rings is 1. The van der Waals surface area contributed by atoms with Gasteiger partial charge < -0.3 is 4.74 Å². The second kappa shape index (κ2) is 7.01. The molecular formula is C15H16ClN3O. The Bertz CT molecular complexity index is 597. The Hall–Kier alpha value is -1.94. The molecule has 0 bridgehead atoms. The van der Waals surface area contributed by atoms with Crippen molar-refractivity contribution in [3.8, 4) is 17.1 Å². The summed E-state index contributed by atoms with van der Waals surface area (Å²) in [6.07, 6.45) is 5.97. The normalized spacial score (nSPS) is 10.9. The fourth-order valence-electron chi connectivity index (χ4n) is 1.66. The zero-order chi connectivity index (χ0) is 14.4. The molecule has 0 unspecified atom stereocenters. The summed E-state index contributed by atoms with van der Waals surface area (Å²) in [4.78, 5) is 12.6. The lowest BCUT2D eigenvalue weighted by molar-refractivity contribution is 0.415. The van der Waals surface area contributed by atoms with Crippen LogP contribution in [0.1, 0.15) is 25.6 Å². The van der Waals surface area contributed by atoms with Gasteiger partial charge in [0.25, 0.3) is 0 Å². The fraction of sp³-hybridized carbons (Fsp3) is 0.267. The average Bonchev–Trinajstić information content (AvgIpc) is 2.47. The molecule has 0 aliphatic heterocycles. The predicted molar refractivity (Wildman–Crippen MR) is 80.8 cm³/mol. The number of aromatic nitrogens is 3. The van der Waals surface area contributed by atoms with E-state index in [1.165, 1.54) is 0 Å². The van der Waals surface area contributed by atoms with Crippen LogP contribution >= 0.6 is 11.6 Å². The van der Waals surface area contributed by atoms with Gasteiger partial charge in [0.2, 0.25) is 5.28 Å². The van der Waals surface area contributed by atoms with Crippen LogP contribution in [0.3, 0.4) is 0 Å². The van der Waals surface area contributed by atoms with E-state index in [1.807, 2.05) is 36.4 Å². The van der Waals surface area contributed by atoms with E-state index in [-0.39, 0.29) is 5.28 Å². The van der Waals surface area contributed by atoms with Crippen LogP contribution in [0, 0.1) is 0 Å². The van der Waals surface area contributed by atoms with Gasteiger partial charge in [0, 0.05) is 5.56 Å². The summed E-state index contributed by atoms with van der Waals surface area (Å²) in [5, 5.41) is 0.196. The molecule has 0 N–H and O–H groups in total. The number of rotatable bonds is 5. The van der Waals surface area contributed by atoms with E-state index in [4.69, 9.17) is 16.3 Å². The largest absolute Gasteiger partial charge is 0.497 e. The molecule has 20 heavy (non-hydrogen) atoms. The first-order valence-electron chi connectivity index (χ1n) is 6.45. The molecule has 0 aliphatic carbocycles. The molecule has 0 atom stereocenters. The summed E-state index contributed by atoms with van der Waals surface area (Å²) in [6, 6.07) is 7.51. The summed E-state index contributed by atoms with van der Waals surface area (Å²) in [5.74, 6) is 1.92. The third-order valence-corrected chi connectivity index (χ3v) is 2.86. The van der Waals surface area contributed by atoms with Crippen molar-refractivity contribution in [3.05, 3.63) is 41.4 Å². The summed E-state index contributed by atoms with van der Waals surface area (Å²) in [7, 11) is 1.63. The van der Waals surface area contributed by atoms with Crippen molar-refractivity contribution in [2.75, 3.05) is 7.11 Å². The maximum Gasteiger partial charge on any atom is 0.226 e. The minimum atomic E-state index is 0.196. The first-order valence-corrected chi connectivity index (χ1v) is 6.83. The minimum absolute atomic E-state index is 0.196. The first-order chi connectivity index (χ1) is 9.72. The number of ether oxygens (including phenoxy) is 1. The standard InChI is InChI=1S/C15H16ClN3O/c1-3-4-5-6-13-17-14(19-15(16)18-13)11-7-9-12(20-2)10-8-11/h5-10H,3-4H2,1-2H3/b6-5+. The highest BCUT2D eigenvalue weighted by Crippen LogP contribution is 2.20. The number of methoxy groups -OCH3 is 1. The summed E-state index contributed by atoms with van der Waals surface area (Å²) < 4.78 is 5.13. The van der Waals surface area contributed by atoms with E-state index in [1.54, 1.807) is 7.11 Å². The lowest BCUT2D eigenvalue weighted by Crippen LogP contribution is -1.96. The number of hydrogen-bond acceptors (Lipinski definition) is 4. The molecule has 4 nitrogen and oxygen atoms in total. The molecule has 0 radical (unpaired) electrons. The third-order valence-electron chi connectivity index (χ3n) is 2.70. The van der Waals surface area contributed by atoms with Crippen LogP contribution in [-0.2, 0) is 0 Å². The Morgan fingerprint density at radius 3 is 2.55 bits per heavy atom. The van der Waals surface area contributed by atoms with Gasteiger partial charge >= 0.3 is 0 Å². The monoisotopic (exact) mass is 289 g/mol. The lowest BCUT2D eigenvalue weighted by Gasteiger charge is -2.03. The van der Waals surface area contributed by atoms with Gasteiger partial charge in [-0.05, 0) is 48.4 Å². The van der Waals surface area contributed by atoms with Crippen molar-refractivity contribution in [2.24, 2.45) is 0 Å². The number of allylic oxidation sites excluding steroid dienone is 1. The number of halogens is 1. The fourth-order valence-corrected chi connectivity index (χ4v) is 1.83. The quantitative estimate of drug-likeness (QED) is 0.834. The summed E-state index contributed by atoms with van der Waals surface area (Å²) in [6.45, 7) is 2.12. The maximum atomic E-state index is 5.95. The molecule has 0 spiro atoms. The second-order valence-corrected chi connectivity index (χ2v) is 4.54. The summed E-state index contributed by atoms with van der Waals surface area (Å²) >= 11 is 5.95. The van der Waals surface area contributed by atoms with E-state index < -0.39 is 0 Å². The molecule has 2 aromatic rings. The van der Waals surface area contributed by atoms with Crippen LogP contribution < -0.4 is 4.74 Å². The van der Waals surface area contributed by atoms with Crippen LogP contribution in [0.25, 0.3) is 17.5 Å². The molecule has 104 valence electrons. The van der Waals surface area contributed by atoms with Crippen molar-refractivity contribution in [3.63, 3.8) is 0 Å². The van der Waals surface area contributed by atoms with Crippen LogP contribution in [0.4, 0.5) is 0 Å². The summed E-state index contributed by atoms with van der Waals surface area (Å²) in [5.41, 5.74) is 0.875. The van der Waals surface area contributed by atoms with E-state index in [0.717, 1.165) is 24.2 Å². The van der Waals surface area contributed by atoms with E-state index >= 15 is 0 Å². The van der Waals surface area contributed by atoms with Crippen molar-refractivity contribution in [1.29, 1.82) is 0 Å². The average molecular weight is 290 g/mol. The van der Waals surface area contributed by atoms with Gasteiger partial charge in [-0.2, -0.15) is 9.97 Å². The molecule has 0 saturated carbocycles. The van der Waals surface area contributed by atoms with Crippen LogP contribution in [0.5, 0.6) is 5.75 Å². The molecular weight excluding hydrogens is 274 g/mol. The zero-order valence-electron chi connectivity index (χ0n) is 11.5. The van der Waals surface area contributed by atoms with Crippen molar-refractivity contribution < 1.29 is 4.74 Å². The Balaban J connectivity index is 2.30. The van der Waals surface area contributed by atoms with E-state index in [0.29, 0.717) is 11.6 Å². The molecule has 1 aromatic heterocycles. The Morgan fingerprint density at radius 2 is 1.90 bits per heavy atom. The third kappa shape index (κ3) is 3.78. The SMILES string of the molecule is CCC/C=C/c1nc(Cl)nc(-c2ccc(OC)cc2)n1. The van der Waals surface area contributed by atoms with E-state index in [2.05, 4.69) is 21.9 Å². The Kier molecular flexibility index (Phi) is 5.07. The number of unbranched alkanes of at least 4 members (excludes halogenated alkanes) is 1. The lowest BCUT2D eigenvalue weighted by atomic mass is 10.2. The number of hydrogen-bond donors (Lipinski definition) is 0. The molecule has 5 heteroatoms. The highest BCUT2D eigenvalue weighted by molar-refractivity contribution is 6.28. The van der Waals surface area contributed by atoms with Gasteiger partial charge in [-0.3, -0.25) is 0 Å². The van der Waals surface area contributed by atoms with Crippen molar-refractivity contribution >= 4 is 17.7 Å². The van der Waals surface area contributed by atoms with Gasteiger partial charge in [-0.15, -0.1) is 0 Å². The molecule has 0 amide bonds. The van der Waals surface area contributed by atoms with Gasteiger partial charge in [-0.25, -0.2) is 4.98 Å². The van der Waals surface area contributed by atoms with Gasteiger partial charge in [0.15, 0.2) is 11.6 Å². The van der Waals surface area contributed by atoms with Gasteiger partial charge in [0.1, 0.15) is 5.75 Å². The van der Waals surface area contributed by atoms with Gasteiger partial charge in [-0.1, -0.05) is 19.4 Å². The molecule has 0 saturated heterocycles. The van der Waals surface area contributed by atoms with E-state index in [9.17, 15) is 0 Å². The van der Waals surface area contributed by atoms with Crippen LogP contribution in [0.2, 0.25) is 5.28 Å². The van der Waals surface area contributed by atoms with Crippen LogP contribution in [0.15, 0.2) is 30.3 Å². The maximum absolute atomic E-state index is 5.95.